The molecule has 2 heterocycles. The van der Waals surface area contributed by atoms with Crippen molar-refractivity contribution >= 4 is 21.7 Å². The van der Waals surface area contributed by atoms with Crippen LogP contribution in [0.15, 0.2) is 12.4 Å². The summed E-state index contributed by atoms with van der Waals surface area (Å²) in [5.74, 6) is 1.44. The summed E-state index contributed by atoms with van der Waals surface area (Å²) in [6, 6.07) is 2.45. The van der Waals surface area contributed by atoms with E-state index in [4.69, 9.17) is 4.74 Å². The minimum absolute atomic E-state index is 0.235. The van der Waals surface area contributed by atoms with Crippen molar-refractivity contribution in [2.75, 3.05) is 23.4 Å². The van der Waals surface area contributed by atoms with Crippen molar-refractivity contribution in [1.82, 2.24) is 9.97 Å². The van der Waals surface area contributed by atoms with Gasteiger partial charge in [-0.05, 0) is 12.8 Å². The van der Waals surface area contributed by atoms with E-state index in [0.717, 1.165) is 30.0 Å². The van der Waals surface area contributed by atoms with Gasteiger partial charge in [-0.25, -0.2) is 9.97 Å². The largest absolute Gasteiger partial charge is 0.373 e. The predicted molar refractivity (Wildman–Crippen MR) is 76.5 cm³/mol. The maximum Gasteiger partial charge on any atom is 0.132 e. The number of hydrogen-bond acceptors (Lipinski definition) is 4. The third kappa shape index (κ3) is 3.01. The van der Waals surface area contributed by atoms with Crippen LogP contribution in [0.25, 0.3) is 0 Å². The first kappa shape index (κ1) is 13.7. The highest BCUT2D eigenvalue weighted by molar-refractivity contribution is 9.09. The third-order valence-electron chi connectivity index (χ3n) is 3.24. The van der Waals surface area contributed by atoms with E-state index < -0.39 is 0 Å². The Kier molecular flexibility index (Phi) is 4.56. The monoisotopic (exact) mass is 313 g/mol. The third-order valence-corrected chi connectivity index (χ3v) is 3.96. The van der Waals surface area contributed by atoms with E-state index in [9.17, 15) is 0 Å². The number of morpholine rings is 1. The van der Waals surface area contributed by atoms with Crippen LogP contribution < -0.4 is 4.90 Å². The Morgan fingerprint density at radius 3 is 2.94 bits per heavy atom. The fourth-order valence-corrected chi connectivity index (χ4v) is 2.46. The highest BCUT2D eigenvalue weighted by Crippen LogP contribution is 2.22. The Morgan fingerprint density at radius 2 is 2.28 bits per heavy atom. The Bertz CT molecular complexity index is 400. The molecule has 0 saturated carbocycles. The smallest absolute Gasteiger partial charge is 0.132 e. The van der Waals surface area contributed by atoms with Gasteiger partial charge in [0.2, 0.25) is 0 Å². The summed E-state index contributed by atoms with van der Waals surface area (Å²) in [5.41, 5.74) is 1.09. The second kappa shape index (κ2) is 5.97. The standard InChI is InChI=1S/C13H20BrN3O/c1-9(2)12-4-13(16-8-15-12)17-6-11(5-14)18-7-10(17)3/h4,8-11H,5-7H2,1-3H3. The zero-order valence-corrected chi connectivity index (χ0v) is 12.7. The Balaban J connectivity index is 2.20. The van der Waals surface area contributed by atoms with Gasteiger partial charge in [0.1, 0.15) is 12.1 Å². The molecule has 18 heavy (non-hydrogen) atoms. The van der Waals surface area contributed by atoms with Crippen molar-refractivity contribution in [2.24, 2.45) is 0 Å². The molecule has 2 unspecified atom stereocenters. The maximum atomic E-state index is 5.74. The Morgan fingerprint density at radius 1 is 1.50 bits per heavy atom. The SMILES string of the molecule is CC(C)c1cc(N2CC(CBr)OCC2C)ncn1. The number of aromatic nitrogens is 2. The van der Waals surface area contributed by atoms with Gasteiger partial charge in [0.25, 0.3) is 0 Å². The zero-order valence-electron chi connectivity index (χ0n) is 11.1. The van der Waals surface area contributed by atoms with Crippen LogP contribution >= 0.6 is 15.9 Å². The van der Waals surface area contributed by atoms with Crippen molar-refractivity contribution < 1.29 is 4.74 Å². The summed E-state index contributed by atoms with van der Waals surface area (Å²) >= 11 is 3.48. The van der Waals surface area contributed by atoms with Crippen LogP contribution in [-0.4, -0.2) is 40.6 Å². The molecule has 0 aliphatic carbocycles. The van der Waals surface area contributed by atoms with Gasteiger partial charge >= 0.3 is 0 Å². The summed E-state index contributed by atoms with van der Waals surface area (Å²) in [5, 5.41) is 0.859. The van der Waals surface area contributed by atoms with Gasteiger partial charge in [0.05, 0.1) is 18.8 Å². The molecule has 0 N–H and O–H groups in total. The molecule has 0 amide bonds. The summed E-state index contributed by atoms with van der Waals surface area (Å²) in [7, 11) is 0. The molecule has 1 fully saturated rings. The van der Waals surface area contributed by atoms with Crippen molar-refractivity contribution in [3.8, 4) is 0 Å². The molecule has 0 bridgehead atoms. The van der Waals surface area contributed by atoms with Crippen LogP contribution in [0.1, 0.15) is 32.4 Å². The molecule has 1 saturated heterocycles. The number of anilines is 1. The summed E-state index contributed by atoms with van der Waals surface area (Å²) in [4.78, 5) is 11.0. The Hall–Kier alpha value is -0.680. The number of hydrogen-bond donors (Lipinski definition) is 0. The molecule has 5 heteroatoms. The molecule has 0 radical (unpaired) electrons. The average molecular weight is 314 g/mol. The van der Waals surface area contributed by atoms with Crippen LogP contribution in [0.4, 0.5) is 5.82 Å². The van der Waals surface area contributed by atoms with E-state index in [2.05, 4.69) is 57.6 Å². The number of ether oxygens (including phenoxy) is 1. The molecule has 1 aliphatic heterocycles. The lowest BCUT2D eigenvalue weighted by atomic mass is 10.1. The fourth-order valence-electron chi connectivity index (χ4n) is 2.06. The zero-order chi connectivity index (χ0) is 13.1. The van der Waals surface area contributed by atoms with E-state index in [0.29, 0.717) is 12.0 Å². The number of alkyl halides is 1. The molecular weight excluding hydrogens is 294 g/mol. The van der Waals surface area contributed by atoms with Crippen molar-refractivity contribution in [3.05, 3.63) is 18.1 Å². The highest BCUT2D eigenvalue weighted by Gasteiger charge is 2.26. The van der Waals surface area contributed by atoms with Gasteiger partial charge in [0.15, 0.2) is 0 Å². The van der Waals surface area contributed by atoms with Crippen molar-refractivity contribution in [1.29, 1.82) is 0 Å². The molecule has 0 spiro atoms. The number of nitrogens with zero attached hydrogens (tertiary/aromatic N) is 3. The highest BCUT2D eigenvalue weighted by atomic mass is 79.9. The summed E-state index contributed by atoms with van der Waals surface area (Å²) in [6.07, 6.45) is 1.90. The van der Waals surface area contributed by atoms with Crippen LogP contribution in [0.5, 0.6) is 0 Å². The molecule has 2 atom stereocenters. The molecule has 1 aliphatic rings. The molecule has 0 aromatic carbocycles. The van der Waals surface area contributed by atoms with Crippen LogP contribution in [0, 0.1) is 0 Å². The molecule has 1 aromatic heterocycles. The molecule has 2 rings (SSSR count). The normalized spacial score (nSPS) is 24.6. The predicted octanol–water partition coefficient (Wildman–Crippen LogP) is 2.59. The van der Waals surface area contributed by atoms with Gasteiger partial charge in [-0.3, -0.25) is 0 Å². The van der Waals surface area contributed by atoms with Gasteiger partial charge < -0.3 is 9.64 Å². The average Bonchev–Trinajstić information content (AvgIpc) is 2.39. The minimum Gasteiger partial charge on any atom is -0.373 e. The van der Waals surface area contributed by atoms with E-state index >= 15 is 0 Å². The van der Waals surface area contributed by atoms with Gasteiger partial charge in [-0.2, -0.15) is 0 Å². The molecule has 4 nitrogen and oxygen atoms in total. The fraction of sp³-hybridized carbons (Fsp3) is 0.692. The van der Waals surface area contributed by atoms with Crippen LogP contribution in [0.3, 0.4) is 0 Å². The summed E-state index contributed by atoms with van der Waals surface area (Å²) in [6.45, 7) is 8.09. The van der Waals surface area contributed by atoms with E-state index in [1.807, 2.05) is 0 Å². The van der Waals surface area contributed by atoms with E-state index in [1.54, 1.807) is 6.33 Å². The lowest BCUT2D eigenvalue weighted by Crippen LogP contribution is -2.49. The quantitative estimate of drug-likeness (QED) is 0.804. The first-order valence-electron chi connectivity index (χ1n) is 6.38. The van der Waals surface area contributed by atoms with Crippen LogP contribution in [0.2, 0.25) is 0 Å². The van der Waals surface area contributed by atoms with E-state index in [-0.39, 0.29) is 6.10 Å². The first-order chi connectivity index (χ1) is 8.61. The van der Waals surface area contributed by atoms with Gasteiger partial charge in [-0.15, -0.1) is 0 Å². The molecule has 1 aromatic rings. The minimum atomic E-state index is 0.235. The first-order valence-corrected chi connectivity index (χ1v) is 7.50. The maximum absolute atomic E-state index is 5.74. The molecular formula is C13H20BrN3O. The second-order valence-corrected chi connectivity index (χ2v) is 5.71. The molecule has 100 valence electrons. The van der Waals surface area contributed by atoms with Gasteiger partial charge in [-0.1, -0.05) is 29.8 Å². The number of halogens is 1. The lowest BCUT2D eigenvalue weighted by molar-refractivity contribution is 0.0376. The summed E-state index contributed by atoms with van der Waals surface area (Å²) < 4.78 is 5.74. The van der Waals surface area contributed by atoms with Crippen molar-refractivity contribution in [2.45, 2.75) is 38.8 Å². The van der Waals surface area contributed by atoms with E-state index in [1.165, 1.54) is 0 Å². The topological polar surface area (TPSA) is 38.2 Å². The Labute approximate surface area is 117 Å². The number of rotatable bonds is 3. The second-order valence-electron chi connectivity index (χ2n) is 5.07. The van der Waals surface area contributed by atoms with Crippen LogP contribution in [-0.2, 0) is 4.74 Å². The van der Waals surface area contributed by atoms with Gasteiger partial charge in [0, 0.05) is 23.6 Å². The lowest BCUT2D eigenvalue weighted by Gasteiger charge is -2.38. The van der Waals surface area contributed by atoms with Crippen molar-refractivity contribution in [3.63, 3.8) is 0 Å².